The van der Waals surface area contributed by atoms with Crippen molar-refractivity contribution in [1.82, 2.24) is 4.90 Å². The molecule has 1 aromatic carbocycles. The van der Waals surface area contributed by atoms with Crippen LogP contribution < -0.4 is 5.73 Å². The molecule has 0 aliphatic heterocycles. The highest BCUT2D eigenvalue weighted by Crippen LogP contribution is 2.29. The van der Waals surface area contributed by atoms with Crippen molar-refractivity contribution in [3.8, 4) is 0 Å². The second-order valence-electron chi connectivity index (χ2n) is 4.86. The Kier molecular flexibility index (Phi) is 4.99. The van der Waals surface area contributed by atoms with Crippen LogP contribution in [0, 0.1) is 0 Å². The van der Waals surface area contributed by atoms with Crippen molar-refractivity contribution in [3.63, 3.8) is 0 Å². The van der Waals surface area contributed by atoms with E-state index in [1.807, 2.05) is 24.3 Å². The average Bonchev–Trinajstić information content (AvgIpc) is 2.30. The van der Waals surface area contributed by atoms with Gasteiger partial charge in [-0.05, 0) is 44.6 Å². The smallest absolute Gasteiger partial charge is 0.0476 e. The summed E-state index contributed by atoms with van der Waals surface area (Å²) in [5, 5.41) is 0.751. The van der Waals surface area contributed by atoms with E-state index in [0.29, 0.717) is 0 Å². The van der Waals surface area contributed by atoms with Gasteiger partial charge in [0.25, 0.3) is 0 Å². The zero-order chi connectivity index (χ0) is 13.1. The molecule has 1 rings (SSSR count). The molecular weight excluding hydrogens is 232 g/mol. The zero-order valence-corrected chi connectivity index (χ0v) is 12.0. The van der Waals surface area contributed by atoms with Crippen molar-refractivity contribution >= 4 is 11.6 Å². The largest absolute Gasteiger partial charge is 0.322 e. The van der Waals surface area contributed by atoms with E-state index < -0.39 is 0 Å². The Balaban J connectivity index is 2.94. The first-order valence-corrected chi connectivity index (χ1v) is 6.57. The van der Waals surface area contributed by atoms with Crippen molar-refractivity contribution in [3.05, 3.63) is 34.9 Å². The van der Waals surface area contributed by atoms with Crippen LogP contribution in [0.15, 0.2) is 24.3 Å². The van der Waals surface area contributed by atoms with Gasteiger partial charge in [-0.2, -0.15) is 0 Å². The third-order valence-electron chi connectivity index (χ3n) is 3.57. The molecule has 1 atom stereocenters. The highest BCUT2D eigenvalue weighted by Gasteiger charge is 2.32. The molecule has 2 N–H and O–H groups in total. The van der Waals surface area contributed by atoms with Crippen molar-refractivity contribution in [1.29, 1.82) is 0 Å². The van der Waals surface area contributed by atoms with Gasteiger partial charge in [-0.25, -0.2) is 0 Å². The summed E-state index contributed by atoms with van der Waals surface area (Å²) in [7, 11) is 0. The van der Waals surface area contributed by atoms with Crippen LogP contribution in [0.4, 0.5) is 0 Å². The lowest BCUT2D eigenvalue weighted by molar-refractivity contribution is 0.107. The number of hydrogen-bond acceptors (Lipinski definition) is 2. The molecule has 3 heteroatoms. The minimum atomic E-state index is -0.0582. The number of nitrogens with two attached hydrogens (primary N) is 1. The first-order valence-electron chi connectivity index (χ1n) is 6.19. The standard InChI is InChI=1S/C14H23ClN2/c1-5-17(6-2)14(3,4)13(16)11-7-9-12(15)10-8-11/h7-10,13H,5-6,16H2,1-4H3. The topological polar surface area (TPSA) is 29.3 Å². The van der Waals surface area contributed by atoms with Crippen LogP contribution in [0.25, 0.3) is 0 Å². The Labute approximate surface area is 110 Å². The molecule has 0 fully saturated rings. The van der Waals surface area contributed by atoms with Crippen molar-refractivity contribution in [2.75, 3.05) is 13.1 Å². The SMILES string of the molecule is CCN(CC)C(C)(C)C(N)c1ccc(Cl)cc1. The maximum atomic E-state index is 6.39. The van der Waals surface area contributed by atoms with Crippen LogP contribution in [0.2, 0.25) is 5.02 Å². The summed E-state index contributed by atoms with van der Waals surface area (Å²) in [6.07, 6.45) is 0. The highest BCUT2D eigenvalue weighted by atomic mass is 35.5. The van der Waals surface area contributed by atoms with Crippen LogP contribution in [0.5, 0.6) is 0 Å². The molecule has 1 unspecified atom stereocenters. The average molecular weight is 255 g/mol. The van der Waals surface area contributed by atoms with Crippen molar-refractivity contribution < 1.29 is 0 Å². The number of likely N-dealkylation sites (N-methyl/N-ethyl adjacent to an activating group) is 1. The normalized spacial score (nSPS) is 14.1. The lowest BCUT2D eigenvalue weighted by Gasteiger charge is -2.42. The fourth-order valence-corrected chi connectivity index (χ4v) is 2.44. The van der Waals surface area contributed by atoms with E-state index in [-0.39, 0.29) is 11.6 Å². The Morgan fingerprint density at radius 3 is 2.06 bits per heavy atom. The Morgan fingerprint density at radius 2 is 1.65 bits per heavy atom. The van der Waals surface area contributed by atoms with E-state index >= 15 is 0 Å². The molecule has 0 heterocycles. The van der Waals surface area contributed by atoms with Gasteiger partial charge in [0.2, 0.25) is 0 Å². The number of rotatable bonds is 5. The third kappa shape index (κ3) is 3.21. The van der Waals surface area contributed by atoms with E-state index in [0.717, 1.165) is 23.7 Å². The molecule has 0 spiro atoms. The van der Waals surface area contributed by atoms with Crippen LogP contribution in [0.3, 0.4) is 0 Å². The number of hydrogen-bond donors (Lipinski definition) is 1. The van der Waals surface area contributed by atoms with Gasteiger partial charge in [0, 0.05) is 16.6 Å². The van der Waals surface area contributed by atoms with E-state index in [1.165, 1.54) is 0 Å². The first kappa shape index (κ1) is 14.5. The predicted molar refractivity (Wildman–Crippen MR) is 75.4 cm³/mol. The second-order valence-corrected chi connectivity index (χ2v) is 5.29. The monoisotopic (exact) mass is 254 g/mol. The molecule has 1 aromatic rings. The Hall–Kier alpha value is -0.570. The lowest BCUT2D eigenvalue weighted by atomic mass is 9.87. The first-order chi connectivity index (χ1) is 7.93. The van der Waals surface area contributed by atoms with Crippen molar-refractivity contribution in [2.45, 2.75) is 39.3 Å². The second kappa shape index (κ2) is 5.85. The zero-order valence-electron chi connectivity index (χ0n) is 11.2. The molecule has 0 amide bonds. The van der Waals surface area contributed by atoms with E-state index in [9.17, 15) is 0 Å². The number of nitrogens with zero attached hydrogens (tertiary/aromatic N) is 1. The Bertz CT molecular complexity index is 342. The highest BCUT2D eigenvalue weighted by molar-refractivity contribution is 6.30. The summed E-state index contributed by atoms with van der Waals surface area (Å²) in [6.45, 7) is 10.7. The summed E-state index contributed by atoms with van der Waals surface area (Å²) in [4.78, 5) is 2.38. The molecule has 0 aliphatic rings. The fourth-order valence-electron chi connectivity index (χ4n) is 2.31. The molecule has 17 heavy (non-hydrogen) atoms. The minimum absolute atomic E-state index is 0.0142. The summed E-state index contributed by atoms with van der Waals surface area (Å²) in [5.41, 5.74) is 7.46. The van der Waals surface area contributed by atoms with Gasteiger partial charge in [0.15, 0.2) is 0 Å². The van der Waals surface area contributed by atoms with Crippen molar-refractivity contribution in [2.24, 2.45) is 5.73 Å². The molecule has 0 aliphatic carbocycles. The molecule has 96 valence electrons. The number of benzene rings is 1. The van der Waals surface area contributed by atoms with Gasteiger partial charge in [-0.1, -0.05) is 37.6 Å². The van der Waals surface area contributed by atoms with Gasteiger partial charge in [0.1, 0.15) is 0 Å². The van der Waals surface area contributed by atoms with Gasteiger partial charge in [0.05, 0.1) is 0 Å². The summed E-state index contributed by atoms with van der Waals surface area (Å²) in [5.74, 6) is 0. The maximum Gasteiger partial charge on any atom is 0.0476 e. The van der Waals surface area contributed by atoms with Gasteiger partial charge >= 0.3 is 0 Å². The molecule has 0 bridgehead atoms. The molecule has 0 aromatic heterocycles. The third-order valence-corrected chi connectivity index (χ3v) is 3.82. The summed E-state index contributed by atoms with van der Waals surface area (Å²) < 4.78 is 0. The van der Waals surface area contributed by atoms with E-state index in [1.54, 1.807) is 0 Å². The van der Waals surface area contributed by atoms with Gasteiger partial charge < -0.3 is 5.73 Å². The number of halogens is 1. The lowest BCUT2D eigenvalue weighted by Crippen LogP contribution is -2.51. The van der Waals surface area contributed by atoms with Gasteiger partial charge in [-0.15, -0.1) is 0 Å². The van der Waals surface area contributed by atoms with E-state index in [4.69, 9.17) is 17.3 Å². The minimum Gasteiger partial charge on any atom is -0.322 e. The summed E-state index contributed by atoms with van der Waals surface area (Å²) >= 11 is 5.90. The molecule has 0 saturated heterocycles. The van der Waals surface area contributed by atoms with E-state index in [2.05, 4.69) is 32.6 Å². The van der Waals surface area contributed by atoms with Gasteiger partial charge in [-0.3, -0.25) is 4.90 Å². The van der Waals surface area contributed by atoms with Crippen LogP contribution in [-0.4, -0.2) is 23.5 Å². The molecule has 2 nitrogen and oxygen atoms in total. The fraction of sp³-hybridized carbons (Fsp3) is 0.571. The summed E-state index contributed by atoms with van der Waals surface area (Å²) in [6, 6.07) is 7.81. The molecule has 0 radical (unpaired) electrons. The van der Waals surface area contributed by atoms with Crippen LogP contribution in [0.1, 0.15) is 39.3 Å². The quantitative estimate of drug-likeness (QED) is 0.872. The van der Waals surface area contributed by atoms with Crippen LogP contribution in [-0.2, 0) is 0 Å². The van der Waals surface area contributed by atoms with Crippen LogP contribution >= 0.6 is 11.6 Å². The maximum absolute atomic E-state index is 6.39. The molecule has 0 saturated carbocycles. The molecular formula is C14H23ClN2. The Morgan fingerprint density at radius 1 is 1.18 bits per heavy atom. The predicted octanol–water partition coefficient (Wildman–Crippen LogP) is 3.46.